The van der Waals surface area contributed by atoms with Crippen molar-refractivity contribution in [2.75, 3.05) is 7.11 Å². The quantitative estimate of drug-likeness (QED) is 0.924. The highest BCUT2D eigenvalue weighted by Gasteiger charge is 2.15. The summed E-state index contributed by atoms with van der Waals surface area (Å²) >= 11 is 2.81. The summed E-state index contributed by atoms with van der Waals surface area (Å²) in [4.78, 5) is 5.06. The maximum atomic E-state index is 9.82. The summed E-state index contributed by atoms with van der Waals surface area (Å²) in [5.41, 5.74) is 0.787. The molecule has 6 heteroatoms. The molecule has 17 heavy (non-hydrogen) atoms. The van der Waals surface area contributed by atoms with Gasteiger partial charge in [0.25, 0.3) is 0 Å². The number of benzene rings is 1. The molecule has 0 aliphatic rings. The Morgan fingerprint density at radius 2 is 2.29 bits per heavy atom. The first-order valence-electron chi connectivity index (χ1n) is 5.02. The van der Waals surface area contributed by atoms with Crippen molar-refractivity contribution in [3.8, 4) is 5.75 Å². The molecule has 0 saturated carbocycles. The van der Waals surface area contributed by atoms with Gasteiger partial charge in [-0.25, -0.2) is 4.98 Å². The molecule has 0 fully saturated rings. The van der Waals surface area contributed by atoms with Crippen molar-refractivity contribution < 1.29 is 9.84 Å². The summed E-state index contributed by atoms with van der Waals surface area (Å²) in [7, 11) is 1.60. The van der Waals surface area contributed by atoms with Crippen LogP contribution in [0.3, 0.4) is 0 Å². The van der Waals surface area contributed by atoms with Gasteiger partial charge in [0.15, 0.2) is 4.34 Å². The summed E-state index contributed by atoms with van der Waals surface area (Å²) in [5, 5.41) is 9.82. The largest absolute Gasteiger partial charge is 0.496 e. The van der Waals surface area contributed by atoms with E-state index < -0.39 is 6.10 Å². The minimum absolute atomic E-state index is 0.582. The second-order valence-electron chi connectivity index (χ2n) is 3.36. The number of aliphatic hydroxyl groups is 1. The van der Waals surface area contributed by atoms with Crippen LogP contribution in [0.4, 0.5) is 0 Å². The standard InChI is InChI=1S/C11H12N2O2S2/c1-7(14)10-8(15-2)4-3-5-9(10)16-11-12-6-13-17-11/h3-7,14H,1-2H3/t7-/m0/s1. The third kappa shape index (κ3) is 2.77. The van der Waals surface area contributed by atoms with Crippen LogP contribution in [0.15, 0.2) is 33.8 Å². The predicted octanol–water partition coefficient (Wildman–Crippen LogP) is 2.75. The third-order valence-corrected chi connectivity index (χ3v) is 3.99. The number of nitrogens with zero attached hydrogens (tertiary/aromatic N) is 2. The van der Waals surface area contributed by atoms with Gasteiger partial charge in [-0.3, -0.25) is 0 Å². The van der Waals surface area contributed by atoms with Crippen LogP contribution in [0, 0.1) is 0 Å². The molecule has 0 unspecified atom stereocenters. The Hall–Kier alpha value is -1.11. The molecule has 1 atom stereocenters. The van der Waals surface area contributed by atoms with Gasteiger partial charge in [0, 0.05) is 10.5 Å². The molecule has 1 aromatic heterocycles. The Morgan fingerprint density at radius 1 is 1.47 bits per heavy atom. The molecule has 90 valence electrons. The van der Waals surface area contributed by atoms with Gasteiger partial charge in [-0.05, 0) is 30.6 Å². The second kappa shape index (κ2) is 5.48. The highest BCUT2D eigenvalue weighted by molar-refractivity contribution is 8.01. The molecule has 1 heterocycles. The van der Waals surface area contributed by atoms with E-state index in [-0.39, 0.29) is 0 Å². The third-order valence-electron chi connectivity index (χ3n) is 2.20. The molecule has 1 aromatic carbocycles. The van der Waals surface area contributed by atoms with E-state index in [1.807, 2.05) is 18.2 Å². The molecule has 0 amide bonds. The van der Waals surface area contributed by atoms with Crippen molar-refractivity contribution in [2.24, 2.45) is 0 Å². The molecule has 0 bridgehead atoms. The van der Waals surface area contributed by atoms with E-state index in [9.17, 15) is 5.11 Å². The maximum absolute atomic E-state index is 9.82. The first-order chi connectivity index (χ1) is 8.22. The van der Waals surface area contributed by atoms with Gasteiger partial charge in [-0.1, -0.05) is 17.8 Å². The van der Waals surface area contributed by atoms with Crippen LogP contribution >= 0.6 is 23.3 Å². The summed E-state index contributed by atoms with van der Waals surface area (Å²) in [6.07, 6.45) is 0.941. The van der Waals surface area contributed by atoms with Crippen molar-refractivity contribution in [2.45, 2.75) is 22.3 Å². The lowest BCUT2D eigenvalue weighted by Crippen LogP contribution is -1.98. The molecule has 2 aromatic rings. The summed E-state index contributed by atoms with van der Waals surface area (Å²) < 4.78 is 10.1. The number of ether oxygens (including phenoxy) is 1. The van der Waals surface area contributed by atoms with E-state index in [0.717, 1.165) is 14.8 Å². The Morgan fingerprint density at radius 3 is 2.88 bits per heavy atom. The van der Waals surface area contributed by atoms with E-state index in [4.69, 9.17) is 4.74 Å². The van der Waals surface area contributed by atoms with Crippen molar-refractivity contribution >= 4 is 23.3 Å². The zero-order valence-corrected chi connectivity index (χ0v) is 11.1. The minimum Gasteiger partial charge on any atom is -0.496 e. The molecule has 0 aliphatic heterocycles. The Labute approximate surface area is 108 Å². The molecule has 4 nitrogen and oxygen atoms in total. The molecular formula is C11H12N2O2S2. The van der Waals surface area contributed by atoms with Gasteiger partial charge in [0.05, 0.1) is 13.2 Å². The highest BCUT2D eigenvalue weighted by atomic mass is 32.2. The Kier molecular flexibility index (Phi) is 3.98. The van der Waals surface area contributed by atoms with E-state index in [0.29, 0.717) is 5.75 Å². The number of aliphatic hydroxyl groups excluding tert-OH is 1. The first kappa shape index (κ1) is 12.3. The highest BCUT2D eigenvalue weighted by Crippen LogP contribution is 2.38. The van der Waals surface area contributed by atoms with Gasteiger partial charge in [-0.2, -0.15) is 4.37 Å². The average Bonchev–Trinajstić information content (AvgIpc) is 2.81. The van der Waals surface area contributed by atoms with Crippen molar-refractivity contribution in [3.63, 3.8) is 0 Å². The molecule has 0 aliphatic carbocycles. The van der Waals surface area contributed by atoms with E-state index in [1.54, 1.807) is 14.0 Å². The molecular weight excluding hydrogens is 256 g/mol. The fraction of sp³-hybridized carbons (Fsp3) is 0.273. The Bertz CT molecular complexity index is 486. The van der Waals surface area contributed by atoms with Gasteiger partial charge >= 0.3 is 0 Å². The van der Waals surface area contributed by atoms with Crippen LogP contribution < -0.4 is 4.74 Å². The SMILES string of the molecule is COc1cccc(Sc2ncns2)c1[C@H](C)O. The molecule has 0 spiro atoms. The summed E-state index contributed by atoms with van der Waals surface area (Å²) in [6.45, 7) is 1.72. The van der Waals surface area contributed by atoms with Gasteiger partial charge < -0.3 is 9.84 Å². The molecule has 1 N–H and O–H groups in total. The topological polar surface area (TPSA) is 55.2 Å². The van der Waals surface area contributed by atoms with Crippen molar-refractivity contribution in [1.82, 2.24) is 9.36 Å². The molecule has 0 saturated heterocycles. The number of hydrogen-bond acceptors (Lipinski definition) is 6. The second-order valence-corrected chi connectivity index (χ2v) is 5.43. The fourth-order valence-corrected chi connectivity index (χ4v) is 3.15. The van der Waals surface area contributed by atoms with Crippen molar-refractivity contribution in [3.05, 3.63) is 30.1 Å². The minimum atomic E-state index is -0.582. The normalized spacial score (nSPS) is 12.4. The van der Waals surface area contributed by atoms with Crippen molar-refractivity contribution in [1.29, 1.82) is 0 Å². The number of hydrogen-bond donors (Lipinski definition) is 1. The lowest BCUT2D eigenvalue weighted by atomic mass is 10.1. The molecule has 0 radical (unpaired) electrons. The van der Waals surface area contributed by atoms with E-state index >= 15 is 0 Å². The van der Waals surface area contributed by atoms with Crippen LogP contribution in [0.1, 0.15) is 18.6 Å². The smallest absolute Gasteiger partial charge is 0.174 e. The van der Waals surface area contributed by atoms with E-state index in [2.05, 4.69) is 9.36 Å². The maximum Gasteiger partial charge on any atom is 0.174 e. The fourth-order valence-electron chi connectivity index (χ4n) is 1.50. The van der Waals surface area contributed by atoms with Crippen LogP contribution in [0.2, 0.25) is 0 Å². The average molecular weight is 268 g/mol. The van der Waals surface area contributed by atoms with Gasteiger partial charge in [-0.15, -0.1) is 0 Å². The number of aromatic nitrogens is 2. The monoisotopic (exact) mass is 268 g/mol. The number of rotatable bonds is 4. The van der Waals surface area contributed by atoms with Gasteiger partial charge in [0.1, 0.15) is 12.1 Å². The number of methoxy groups -OCH3 is 1. The van der Waals surface area contributed by atoms with Crippen LogP contribution in [0.25, 0.3) is 0 Å². The lowest BCUT2D eigenvalue weighted by Gasteiger charge is -2.14. The summed E-state index contributed by atoms with van der Waals surface area (Å²) in [5.74, 6) is 0.689. The predicted molar refractivity (Wildman–Crippen MR) is 67.7 cm³/mol. The van der Waals surface area contributed by atoms with E-state index in [1.165, 1.54) is 29.6 Å². The molecule has 2 rings (SSSR count). The first-order valence-corrected chi connectivity index (χ1v) is 6.61. The Balaban J connectivity index is 2.39. The van der Waals surface area contributed by atoms with Gasteiger partial charge in [0.2, 0.25) is 0 Å². The van der Waals surface area contributed by atoms with Crippen LogP contribution in [0.5, 0.6) is 5.75 Å². The lowest BCUT2D eigenvalue weighted by molar-refractivity contribution is 0.191. The summed E-state index contributed by atoms with van der Waals surface area (Å²) in [6, 6.07) is 5.68. The van der Waals surface area contributed by atoms with Crippen LogP contribution in [-0.4, -0.2) is 21.6 Å². The van der Waals surface area contributed by atoms with Crippen LogP contribution in [-0.2, 0) is 0 Å². The zero-order valence-electron chi connectivity index (χ0n) is 9.45. The zero-order chi connectivity index (χ0) is 12.3.